The number of sulfonamides is 1. The Labute approximate surface area is 175 Å². The highest BCUT2D eigenvalue weighted by atomic mass is 35.5. The van der Waals surface area contributed by atoms with Crippen LogP contribution in [0.5, 0.6) is 0 Å². The Morgan fingerprint density at radius 1 is 1.07 bits per heavy atom. The van der Waals surface area contributed by atoms with Crippen LogP contribution in [0.25, 0.3) is 0 Å². The van der Waals surface area contributed by atoms with Crippen LogP contribution in [-0.2, 0) is 20.2 Å². The Hall–Kier alpha value is -1.80. The van der Waals surface area contributed by atoms with E-state index in [9.17, 15) is 13.2 Å². The molecule has 0 bridgehead atoms. The van der Waals surface area contributed by atoms with Gasteiger partial charge in [0.25, 0.3) is 0 Å². The number of rotatable bonds is 6. The summed E-state index contributed by atoms with van der Waals surface area (Å²) in [6.45, 7) is 6.10. The molecule has 6 nitrogen and oxygen atoms in total. The van der Waals surface area contributed by atoms with Crippen molar-refractivity contribution in [1.29, 1.82) is 0 Å². The molecule has 0 spiro atoms. The molecular weight excluding hydrogens is 421 g/mol. The van der Waals surface area contributed by atoms with E-state index in [-0.39, 0.29) is 44.9 Å². The van der Waals surface area contributed by atoms with Crippen molar-refractivity contribution >= 4 is 50.5 Å². The predicted octanol–water partition coefficient (Wildman–Crippen LogP) is 4.18. The monoisotopic (exact) mass is 443 g/mol. The van der Waals surface area contributed by atoms with Gasteiger partial charge in [0.15, 0.2) is 0 Å². The minimum absolute atomic E-state index is 0.0500. The molecule has 0 saturated carbocycles. The Kier molecular flexibility index (Phi) is 6.98. The van der Waals surface area contributed by atoms with Crippen molar-refractivity contribution in [2.24, 2.45) is 0 Å². The summed E-state index contributed by atoms with van der Waals surface area (Å²) in [5.74, 6) is -0.386. The third-order valence-electron chi connectivity index (χ3n) is 4.04. The SMILES string of the molecule is CC(C)(C)c1ccc(S(=O)(=O)NCCC(=O)Nc2cc(Cl)c(N)c(Cl)c2)cc1. The lowest BCUT2D eigenvalue weighted by molar-refractivity contribution is -0.116. The first-order chi connectivity index (χ1) is 12.9. The number of nitrogens with one attached hydrogen (secondary N) is 2. The van der Waals surface area contributed by atoms with Crippen LogP contribution >= 0.6 is 23.2 Å². The third kappa shape index (κ3) is 5.85. The standard InChI is InChI=1S/C19H23Cl2N3O3S/c1-19(2,3)12-4-6-14(7-5-12)28(26,27)23-9-8-17(25)24-13-10-15(20)18(22)16(21)11-13/h4-7,10-11,23H,8-9,22H2,1-3H3,(H,24,25). The van der Waals surface area contributed by atoms with E-state index < -0.39 is 10.0 Å². The summed E-state index contributed by atoms with van der Waals surface area (Å²) in [6, 6.07) is 9.64. The van der Waals surface area contributed by atoms with Gasteiger partial charge < -0.3 is 11.1 Å². The van der Waals surface area contributed by atoms with Crippen molar-refractivity contribution in [3.8, 4) is 0 Å². The van der Waals surface area contributed by atoms with Crippen LogP contribution in [0.15, 0.2) is 41.3 Å². The highest BCUT2D eigenvalue weighted by Crippen LogP contribution is 2.31. The van der Waals surface area contributed by atoms with Gasteiger partial charge in [0.05, 0.1) is 20.6 Å². The summed E-state index contributed by atoms with van der Waals surface area (Å²) in [4.78, 5) is 12.2. The zero-order valence-electron chi connectivity index (χ0n) is 15.8. The topological polar surface area (TPSA) is 101 Å². The first-order valence-corrected chi connectivity index (χ1v) is 10.8. The number of nitrogen functional groups attached to an aromatic ring is 1. The first kappa shape index (κ1) is 22.5. The molecule has 0 aliphatic rings. The predicted molar refractivity (Wildman–Crippen MR) is 114 cm³/mol. The molecule has 0 aromatic heterocycles. The van der Waals surface area contributed by atoms with Crippen LogP contribution < -0.4 is 15.8 Å². The van der Waals surface area contributed by atoms with Gasteiger partial charge in [-0.15, -0.1) is 0 Å². The van der Waals surface area contributed by atoms with E-state index in [0.29, 0.717) is 5.69 Å². The fourth-order valence-corrected chi connectivity index (χ4v) is 3.92. The molecule has 0 unspecified atom stereocenters. The molecule has 0 radical (unpaired) electrons. The lowest BCUT2D eigenvalue weighted by Gasteiger charge is -2.19. The molecule has 0 fully saturated rings. The number of amides is 1. The number of nitrogens with two attached hydrogens (primary N) is 1. The van der Waals surface area contributed by atoms with Crippen LogP contribution in [-0.4, -0.2) is 20.9 Å². The molecule has 152 valence electrons. The van der Waals surface area contributed by atoms with E-state index in [1.54, 1.807) is 24.3 Å². The number of halogens is 2. The first-order valence-electron chi connectivity index (χ1n) is 8.55. The zero-order chi connectivity index (χ0) is 21.1. The van der Waals surface area contributed by atoms with Crippen molar-refractivity contribution in [3.63, 3.8) is 0 Å². The summed E-state index contributed by atoms with van der Waals surface area (Å²) >= 11 is 11.8. The number of carbonyl (C=O) groups is 1. The molecule has 2 aromatic rings. The number of benzene rings is 2. The number of hydrogen-bond donors (Lipinski definition) is 3. The second-order valence-corrected chi connectivity index (χ2v) is 9.91. The maximum Gasteiger partial charge on any atom is 0.240 e. The van der Waals surface area contributed by atoms with Crippen LogP contribution in [0.1, 0.15) is 32.8 Å². The molecule has 1 amide bonds. The highest BCUT2D eigenvalue weighted by molar-refractivity contribution is 7.89. The molecule has 28 heavy (non-hydrogen) atoms. The molecule has 0 heterocycles. The second-order valence-electron chi connectivity index (χ2n) is 7.32. The van der Waals surface area contributed by atoms with E-state index >= 15 is 0 Å². The maximum atomic E-state index is 12.4. The van der Waals surface area contributed by atoms with Crippen molar-refractivity contribution in [1.82, 2.24) is 4.72 Å². The second kappa shape index (κ2) is 8.69. The minimum Gasteiger partial charge on any atom is -0.396 e. The summed E-state index contributed by atoms with van der Waals surface area (Å²) in [5.41, 5.74) is 7.22. The quantitative estimate of drug-likeness (QED) is 0.582. The lowest BCUT2D eigenvalue weighted by atomic mass is 9.87. The van der Waals surface area contributed by atoms with Crippen LogP contribution in [0, 0.1) is 0 Å². The molecule has 9 heteroatoms. The average molecular weight is 444 g/mol. The van der Waals surface area contributed by atoms with Gasteiger partial charge in [-0.2, -0.15) is 0 Å². The summed E-state index contributed by atoms with van der Waals surface area (Å²) < 4.78 is 27.2. The minimum atomic E-state index is -3.70. The fraction of sp³-hybridized carbons (Fsp3) is 0.316. The van der Waals surface area contributed by atoms with Gasteiger partial charge >= 0.3 is 0 Å². The average Bonchev–Trinajstić information content (AvgIpc) is 2.58. The van der Waals surface area contributed by atoms with Gasteiger partial charge in [0.2, 0.25) is 15.9 Å². The summed E-state index contributed by atoms with van der Waals surface area (Å²) in [7, 11) is -3.70. The highest BCUT2D eigenvalue weighted by Gasteiger charge is 2.18. The van der Waals surface area contributed by atoms with Gasteiger partial charge in [-0.1, -0.05) is 56.1 Å². The van der Waals surface area contributed by atoms with E-state index in [1.165, 1.54) is 12.1 Å². The van der Waals surface area contributed by atoms with E-state index in [2.05, 4.69) is 30.8 Å². The molecule has 0 aliphatic carbocycles. The molecule has 2 rings (SSSR count). The van der Waals surface area contributed by atoms with Gasteiger partial charge in [-0.05, 0) is 35.2 Å². The third-order valence-corrected chi connectivity index (χ3v) is 6.14. The molecule has 0 saturated heterocycles. The molecule has 2 aromatic carbocycles. The fourth-order valence-electron chi connectivity index (χ4n) is 2.40. The van der Waals surface area contributed by atoms with Crippen molar-refractivity contribution in [3.05, 3.63) is 52.0 Å². The van der Waals surface area contributed by atoms with Crippen LogP contribution in [0.2, 0.25) is 10.0 Å². The number of hydrogen-bond acceptors (Lipinski definition) is 4. The molecule has 0 aliphatic heterocycles. The normalized spacial score (nSPS) is 12.0. The van der Waals surface area contributed by atoms with Gasteiger partial charge in [-0.25, -0.2) is 13.1 Å². The van der Waals surface area contributed by atoms with Gasteiger partial charge in [0, 0.05) is 18.7 Å². The van der Waals surface area contributed by atoms with Gasteiger partial charge in [0.1, 0.15) is 0 Å². The maximum absolute atomic E-state index is 12.4. The molecular formula is C19H23Cl2N3O3S. The van der Waals surface area contributed by atoms with Crippen LogP contribution in [0.3, 0.4) is 0 Å². The number of carbonyl (C=O) groups excluding carboxylic acids is 1. The van der Waals surface area contributed by atoms with E-state index in [0.717, 1.165) is 5.56 Å². The Balaban J connectivity index is 1.93. The largest absolute Gasteiger partial charge is 0.396 e. The van der Waals surface area contributed by atoms with E-state index in [1.807, 2.05) is 0 Å². The zero-order valence-corrected chi connectivity index (χ0v) is 18.2. The van der Waals surface area contributed by atoms with Crippen LogP contribution in [0.4, 0.5) is 11.4 Å². The van der Waals surface area contributed by atoms with Crippen molar-refractivity contribution in [2.75, 3.05) is 17.6 Å². The Morgan fingerprint density at radius 3 is 2.11 bits per heavy atom. The lowest BCUT2D eigenvalue weighted by Crippen LogP contribution is -2.28. The van der Waals surface area contributed by atoms with Crippen molar-refractivity contribution in [2.45, 2.75) is 37.5 Å². The molecule has 4 N–H and O–H groups in total. The Morgan fingerprint density at radius 2 is 1.61 bits per heavy atom. The molecule has 0 atom stereocenters. The van der Waals surface area contributed by atoms with E-state index in [4.69, 9.17) is 28.9 Å². The number of anilines is 2. The summed E-state index contributed by atoms with van der Waals surface area (Å²) in [6.07, 6.45) is -0.0566. The smallest absolute Gasteiger partial charge is 0.240 e. The summed E-state index contributed by atoms with van der Waals surface area (Å²) in [5, 5.41) is 3.05. The van der Waals surface area contributed by atoms with Gasteiger partial charge in [-0.3, -0.25) is 4.79 Å². The van der Waals surface area contributed by atoms with Crippen molar-refractivity contribution < 1.29 is 13.2 Å². The Bertz CT molecular complexity index is 946.